The summed E-state index contributed by atoms with van der Waals surface area (Å²) in [6, 6.07) is 4.17. The summed E-state index contributed by atoms with van der Waals surface area (Å²) in [6.07, 6.45) is 14.4. The van der Waals surface area contributed by atoms with Gasteiger partial charge in [0.1, 0.15) is 5.82 Å². The minimum absolute atomic E-state index is 0.231. The fraction of sp³-hybridized carbons (Fsp3) is 0.520. The van der Waals surface area contributed by atoms with Gasteiger partial charge in [-0.1, -0.05) is 19.3 Å². The molecule has 1 saturated carbocycles. The van der Waals surface area contributed by atoms with Crippen molar-refractivity contribution >= 4 is 29.2 Å². The molecule has 1 spiro atoms. The second-order valence-electron chi connectivity index (χ2n) is 9.74. The summed E-state index contributed by atoms with van der Waals surface area (Å²) in [5.41, 5.74) is 6.35. The summed E-state index contributed by atoms with van der Waals surface area (Å²) < 4.78 is 0. The molecule has 0 atom stereocenters. The van der Waals surface area contributed by atoms with Crippen LogP contribution in [0.3, 0.4) is 0 Å². The molecule has 166 valence electrons. The fourth-order valence-electron chi connectivity index (χ4n) is 5.83. The third kappa shape index (κ3) is 3.48. The summed E-state index contributed by atoms with van der Waals surface area (Å²) in [5, 5.41) is 3.34. The van der Waals surface area contributed by atoms with E-state index in [-0.39, 0.29) is 5.41 Å². The van der Waals surface area contributed by atoms with E-state index in [1.54, 1.807) is 0 Å². The largest absolute Gasteiger partial charge is 0.368 e. The van der Waals surface area contributed by atoms with Gasteiger partial charge in [-0.2, -0.15) is 0 Å². The number of rotatable bonds is 3. The molecule has 0 amide bonds. The van der Waals surface area contributed by atoms with E-state index in [0.29, 0.717) is 5.95 Å². The molecule has 0 bridgehead atoms. The van der Waals surface area contributed by atoms with E-state index in [1.807, 2.05) is 18.5 Å². The number of likely N-dealkylation sites (N-methyl/N-ethyl adjacent to an activating group) is 1. The van der Waals surface area contributed by atoms with Gasteiger partial charge in [-0.05, 0) is 38.4 Å². The van der Waals surface area contributed by atoms with Crippen molar-refractivity contribution in [3.8, 4) is 0 Å². The highest BCUT2D eigenvalue weighted by Gasteiger charge is 2.43. The number of hydrogen-bond acceptors (Lipinski definition) is 7. The second-order valence-corrected chi connectivity index (χ2v) is 9.74. The van der Waals surface area contributed by atoms with Gasteiger partial charge in [0.2, 0.25) is 5.95 Å². The molecular weight excluding hydrogens is 398 g/mol. The van der Waals surface area contributed by atoms with Gasteiger partial charge in [-0.25, -0.2) is 15.0 Å². The monoisotopic (exact) mass is 429 g/mol. The zero-order valence-corrected chi connectivity index (χ0v) is 18.8. The average Bonchev–Trinajstić information content (AvgIpc) is 3.20. The zero-order valence-electron chi connectivity index (χ0n) is 18.8. The van der Waals surface area contributed by atoms with Crippen LogP contribution in [-0.2, 0) is 6.42 Å². The molecule has 7 nitrogen and oxygen atoms in total. The van der Waals surface area contributed by atoms with Crippen LogP contribution in [0, 0.1) is 5.41 Å². The maximum atomic E-state index is 4.99. The summed E-state index contributed by atoms with van der Waals surface area (Å²) in [6.45, 7) is 4.26. The van der Waals surface area contributed by atoms with Crippen molar-refractivity contribution in [2.75, 3.05) is 43.4 Å². The van der Waals surface area contributed by atoms with Crippen LogP contribution in [0.1, 0.15) is 49.8 Å². The molecule has 2 aromatic rings. The van der Waals surface area contributed by atoms with Crippen LogP contribution in [0.5, 0.6) is 0 Å². The number of anilines is 3. The third-order valence-electron chi connectivity index (χ3n) is 7.67. The number of pyridine rings is 1. The molecule has 2 fully saturated rings. The molecule has 4 heterocycles. The quantitative estimate of drug-likeness (QED) is 0.794. The summed E-state index contributed by atoms with van der Waals surface area (Å²) in [4.78, 5) is 23.8. The molecule has 1 saturated heterocycles. The van der Waals surface area contributed by atoms with E-state index in [1.165, 1.54) is 54.6 Å². The predicted octanol–water partition coefficient (Wildman–Crippen LogP) is 4.06. The molecule has 4 aliphatic rings. The van der Waals surface area contributed by atoms with Crippen molar-refractivity contribution < 1.29 is 0 Å². The number of allylic oxidation sites excluding steroid dienone is 2. The lowest BCUT2D eigenvalue weighted by molar-refractivity contribution is 0.279. The van der Waals surface area contributed by atoms with Crippen LogP contribution in [0.25, 0.3) is 5.57 Å². The van der Waals surface area contributed by atoms with E-state index < -0.39 is 0 Å². The number of nitrogens with one attached hydrogen (secondary N) is 1. The maximum absolute atomic E-state index is 4.99. The first kappa shape index (κ1) is 19.9. The van der Waals surface area contributed by atoms with Crippen LogP contribution in [0.4, 0.5) is 17.5 Å². The van der Waals surface area contributed by atoms with E-state index in [9.17, 15) is 0 Å². The maximum Gasteiger partial charge on any atom is 0.228 e. The van der Waals surface area contributed by atoms with Crippen LogP contribution in [0.15, 0.2) is 35.2 Å². The van der Waals surface area contributed by atoms with Crippen LogP contribution in [0.2, 0.25) is 0 Å². The normalized spacial score (nSPS) is 22.2. The highest BCUT2D eigenvalue weighted by atomic mass is 15.3. The minimum Gasteiger partial charge on any atom is -0.368 e. The van der Waals surface area contributed by atoms with Crippen molar-refractivity contribution in [2.24, 2.45) is 10.4 Å². The summed E-state index contributed by atoms with van der Waals surface area (Å²) in [5.74, 6) is 1.40. The first-order valence-corrected chi connectivity index (χ1v) is 12.0. The van der Waals surface area contributed by atoms with Gasteiger partial charge in [0, 0.05) is 61.6 Å². The number of aromatic nitrogens is 3. The SMILES string of the molecule is CN1CCN(c2ccc(Nc3ncc4c(n3)C3=C(C4)N=CCC34CCCCC4)nc2)CC1. The highest BCUT2D eigenvalue weighted by molar-refractivity contribution is 5.84. The van der Waals surface area contributed by atoms with Crippen molar-refractivity contribution in [1.29, 1.82) is 0 Å². The van der Waals surface area contributed by atoms with Gasteiger partial charge in [0.25, 0.3) is 0 Å². The topological polar surface area (TPSA) is 69.5 Å². The summed E-state index contributed by atoms with van der Waals surface area (Å²) in [7, 11) is 2.17. The molecule has 7 heteroatoms. The molecule has 1 N–H and O–H groups in total. The van der Waals surface area contributed by atoms with E-state index in [4.69, 9.17) is 9.98 Å². The Labute approximate surface area is 189 Å². The van der Waals surface area contributed by atoms with Crippen LogP contribution >= 0.6 is 0 Å². The van der Waals surface area contributed by atoms with Gasteiger partial charge in [-0.15, -0.1) is 0 Å². The Morgan fingerprint density at radius 2 is 1.81 bits per heavy atom. The Kier molecular flexibility index (Phi) is 4.94. The number of aliphatic imine (C=N–C) groups is 1. The van der Waals surface area contributed by atoms with Gasteiger partial charge in [0.05, 0.1) is 23.3 Å². The van der Waals surface area contributed by atoms with Gasteiger partial charge >= 0.3 is 0 Å². The standard InChI is InChI=1S/C25H31N7/c1-31-11-13-32(14-12-31)19-5-6-21(27-17-19)29-24-28-16-18-15-20-22(23(18)30-24)25(9-10-26-20)7-3-2-4-8-25/h5-6,10,16-17H,2-4,7-9,11-15H2,1H3,(H,27,28,29,30). The molecule has 2 aromatic heterocycles. The Morgan fingerprint density at radius 3 is 2.59 bits per heavy atom. The lowest BCUT2D eigenvalue weighted by Gasteiger charge is -2.39. The number of nitrogens with zero attached hydrogens (tertiary/aromatic N) is 6. The predicted molar refractivity (Wildman–Crippen MR) is 129 cm³/mol. The molecule has 0 radical (unpaired) electrons. The van der Waals surface area contributed by atoms with Crippen molar-refractivity contribution in [3.05, 3.63) is 41.5 Å². The average molecular weight is 430 g/mol. The second kappa shape index (κ2) is 7.96. The smallest absolute Gasteiger partial charge is 0.228 e. The molecule has 2 aliphatic heterocycles. The molecular formula is C25H31N7. The molecule has 2 aliphatic carbocycles. The van der Waals surface area contributed by atoms with E-state index >= 15 is 0 Å². The minimum atomic E-state index is 0.231. The first-order chi connectivity index (χ1) is 15.7. The van der Waals surface area contributed by atoms with Crippen LogP contribution < -0.4 is 10.2 Å². The Morgan fingerprint density at radius 1 is 0.969 bits per heavy atom. The van der Waals surface area contributed by atoms with Gasteiger partial charge < -0.3 is 15.1 Å². The molecule has 6 rings (SSSR count). The Bertz CT molecular complexity index is 1060. The summed E-state index contributed by atoms with van der Waals surface area (Å²) >= 11 is 0. The lowest BCUT2D eigenvalue weighted by atomic mass is 9.65. The highest BCUT2D eigenvalue weighted by Crippen LogP contribution is 2.54. The Balaban J connectivity index is 1.23. The van der Waals surface area contributed by atoms with Crippen LogP contribution in [-0.4, -0.2) is 59.3 Å². The number of fused-ring (bicyclic) bond motifs is 3. The van der Waals surface area contributed by atoms with Crippen molar-refractivity contribution in [2.45, 2.75) is 44.9 Å². The number of piperazine rings is 1. The molecule has 0 unspecified atom stereocenters. The first-order valence-electron chi connectivity index (χ1n) is 12.0. The third-order valence-corrected chi connectivity index (χ3v) is 7.67. The van der Waals surface area contributed by atoms with Crippen molar-refractivity contribution in [3.63, 3.8) is 0 Å². The van der Waals surface area contributed by atoms with Gasteiger partial charge in [-0.3, -0.25) is 4.99 Å². The van der Waals surface area contributed by atoms with E-state index in [2.05, 4.69) is 44.4 Å². The van der Waals surface area contributed by atoms with E-state index in [0.717, 1.165) is 50.5 Å². The lowest BCUT2D eigenvalue weighted by Crippen LogP contribution is -2.44. The fourth-order valence-corrected chi connectivity index (χ4v) is 5.83. The molecule has 0 aromatic carbocycles. The zero-order chi connectivity index (χ0) is 21.5. The van der Waals surface area contributed by atoms with Crippen molar-refractivity contribution in [1.82, 2.24) is 19.9 Å². The van der Waals surface area contributed by atoms with Gasteiger partial charge in [0.15, 0.2) is 0 Å². The Hall–Kier alpha value is -2.80. The molecule has 32 heavy (non-hydrogen) atoms. The number of hydrogen-bond donors (Lipinski definition) is 1.